The van der Waals surface area contributed by atoms with Gasteiger partial charge in [0.25, 0.3) is 0 Å². The Bertz CT molecular complexity index is 742. The topological polar surface area (TPSA) is 72.5 Å². The van der Waals surface area contributed by atoms with Gasteiger partial charge in [-0.25, -0.2) is 8.42 Å². The van der Waals surface area contributed by atoms with Gasteiger partial charge in [0.05, 0.1) is 4.90 Å². The highest BCUT2D eigenvalue weighted by atomic mass is 32.2. The summed E-state index contributed by atoms with van der Waals surface area (Å²) in [6.07, 6.45) is 0.825. The van der Waals surface area contributed by atoms with E-state index in [0.717, 1.165) is 12.0 Å². The van der Waals surface area contributed by atoms with E-state index in [2.05, 4.69) is 4.72 Å². The van der Waals surface area contributed by atoms with Gasteiger partial charge < -0.3 is 4.74 Å². The minimum atomic E-state index is -3.71. The quantitative estimate of drug-likeness (QED) is 0.654. The molecular formula is C16H17NO4S. The van der Waals surface area contributed by atoms with Gasteiger partial charge in [-0.15, -0.1) is 0 Å². The number of esters is 1. The van der Waals surface area contributed by atoms with Crippen molar-refractivity contribution in [2.24, 2.45) is 0 Å². The molecule has 0 atom stereocenters. The highest BCUT2D eigenvalue weighted by Gasteiger charge is 2.15. The second-order valence-corrected chi connectivity index (χ2v) is 6.38. The van der Waals surface area contributed by atoms with E-state index in [9.17, 15) is 13.2 Å². The van der Waals surface area contributed by atoms with E-state index in [1.807, 2.05) is 13.0 Å². The zero-order valence-corrected chi connectivity index (χ0v) is 13.0. The Labute approximate surface area is 130 Å². The van der Waals surface area contributed by atoms with Gasteiger partial charge in [0.1, 0.15) is 12.3 Å². The van der Waals surface area contributed by atoms with Crippen molar-refractivity contribution in [3.05, 3.63) is 60.2 Å². The zero-order chi connectivity index (χ0) is 16.0. The van der Waals surface area contributed by atoms with E-state index in [1.165, 1.54) is 12.1 Å². The SMILES string of the molecule is CCc1cccc(OC(=O)CNS(=O)(=O)c2ccccc2)c1. The van der Waals surface area contributed by atoms with Gasteiger partial charge in [0.15, 0.2) is 0 Å². The van der Waals surface area contributed by atoms with Gasteiger partial charge >= 0.3 is 5.97 Å². The van der Waals surface area contributed by atoms with Crippen LogP contribution in [0.15, 0.2) is 59.5 Å². The monoisotopic (exact) mass is 319 g/mol. The van der Waals surface area contributed by atoms with Crippen LogP contribution in [0.25, 0.3) is 0 Å². The lowest BCUT2D eigenvalue weighted by molar-refractivity contribution is -0.133. The third-order valence-electron chi connectivity index (χ3n) is 3.00. The number of hydrogen-bond acceptors (Lipinski definition) is 4. The highest BCUT2D eigenvalue weighted by Crippen LogP contribution is 2.14. The molecule has 6 heteroatoms. The van der Waals surface area contributed by atoms with E-state index in [0.29, 0.717) is 5.75 Å². The summed E-state index contributed by atoms with van der Waals surface area (Å²) < 4.78 is 31.3. The summed E-state index contributed by atoms with van der Waals surface area (Å²) in [7, 11) is -3.71. The second kappa shape index (κ2) is 7.20. The molecular weight excluding hydrogens is 302 g/mol. The van der Waals surface area contributed by atoms with Crippen LogP contribution in [0.2, 0.25) is 0 Å². The lowest BCUT2D eigenvalue weighted by atomic mass is 10.2. The van der Waals surface area contributed by atoms with E-state index < -0.39 is 22.5 Å². The number of carbonyl (C=O) groups excluding carboxylic acids is 1. The Morgan fingerprint density at radius 1 is 1.09 bits per heavy atom. The summed E-state index contributed by atoms with van der Waals surface area (Å²) >= 11 is 0. The van der Waals surface area contributed by atoms with E-state index >= 15 is 0 Å². The van der Waals surface area contributed by atoms with Crippen molar-refractivity contribution in [2.45, 2.75) is 18.2 Å². The molecule has 0 saturated heterocycles. The lowest BCUT2D eigenvalue weighted by Crippen LogP contribution is -2.31. The fourth-order valence-corrected chi connectivity index (χ4v) is 2.82. The number of aryl methyl sites for hydroxylation is 1. The first-order valence-corrected chi connectivity index (χ1v) is 8.34. The molecule has 0 amide bonds. The molecule has 0 aliphatic heterocycles. The van der Waals surface area contributed by atoms with Gasteiger partial charge in [0, 0.05) is 0 Å². The molecule has 0 aliphatic carbocycles. The molecule has 116 valence electrons. The summed E-state index contributed by atoms with van der Waals surface area (Å²) in [5, 5.41) is 0. The number of hydrogen-bond donors (Lipinski definition) is 1. The van der Waals surface area contributed by atoms with Crippen molar-refractivity contribution in [2.75, 3.05) is 6.54 Å². The average Bonchev–Trinajstić information content (AvgIpc) is 2.54. The summed E-state index contributed by atoms with van der Waals surface area (Å²) in [5.74, 6) is -0.254. The summed E-state index contributed by atoms with van der Waals surface area (Å²) in [6, 6.07) is 15.0. The van der Waals surface area contributed by atoms with Gasteiger partial charge in [-0.3, -0.25) is 4.79 Å². The lowest BCUT2D eigenvalue weighted by Gasteiger charge is -2.08. The molecule has 5 nitrogen and oxygen atoms in total. The predicted octanol–water partition coefficient (Wildman–Crippen LogP) is 2.13. The van der Waals surface area contributed by atoms with Gasteiger partial charge in [-0.2, -0.15) is 4.72 Å². The molecule has 0 unspecified atom stereocenters. The van der Waals surface area contributed by atoms with Crippen LogP contribution in [-0.4, -0.2) is 20.9 Å². The fourth-order valence-electron chi connectivity index (χ4n) is 1.83. The molecule has 0 bridgehead atoms. The number of ether oxygens (including phenoxy) is 1. The van der Waals surface area contributed by atoms with Crippen molar-refractivity contribution in [1.82, 2.24) is 4.72 Å². The Morgan fingerprint density at radius 3 is 2.50 bits per heavy atom. The smallest absolute Gasteiger partial charge is 0.326 e. The maximum Gasteiger partial charge on any atom is 0.326 e. The number of rotatable bonds is 6. The molecule has 2 rings (SSSR count). The van der Waals surface area contributed by atoms with Crippen molar-refractivity contribution < 1.29 is 17.9 Å². The third kappa shape index (κ3) is 4.41. The molecule has 0 radical (unpaired) electrons. The van der Waals surface area contributed by atoms with Gasteiger partial charge in [0.2, 0.25) is 10.0 Å². The Hall–Kier alpha value is -2.18. The van der Waals surface area contributed by atoms with Crippen LogP contribution in [0.5, 0.6) is 5.75 Å². The largest absolute Gasteiger partial charge is 0.426 e. The second-order valence-electron chi connectivity index (χ2n) is 4.61. The maximum absolute atomic E-state index is 12.0. The van der Waals surface area contributed by atoms with Crippen LogP contribution in [-0.2, 0) is 21.2 Å². The van der Waals surface area contributed by atoms with E-state index in [1.54, 1.807) is 36.4 Å². The first-order valence-electron chi connectivity index (χ1n) is 6.85. The number of carbonyl (C=O) groups is 1. The van der Waals surface area contributed by atoms with Crippen molar-refractivity contribution in [3.63, 3.8) is 0 Å². The highest BCUT2D eigenvalue weighted by molar-refractivity contribution is 7.89. The minimum absolute atomic E-state index is 0.107. The first kappa shape index (κ1) is 16.2. The summed E-state index contributed by atoms with van der Waals surface area (Å²) in [5.41, 5.74) is 1.04. The molecule has 0 spiro atoms. The van der Waals surface area contributed by atoms with Crippen LogP contribution in [0.4, 0.5) is 0 Å². The van der Waals surface area contributed by atoms with Gasteiger partial charge in [-0.05, 0) is 36.2 Å². The van der Waals surface area contributed by atoms with Crippen LogP contribution in [0.3, 0.4) is 0 Å². The van der Waals surface area contributed by atoms with Gasteiger partial charge in [-0.1, -0.05) is 37.3 Å². The third-order valence-corrected chi connectivity index (χ3v) is 4.42. The Balaban J connectivity index is 1.95. The van der Waals surface area contributed by atoms with Crippen LogP contribution in [0.1, 0.15) is 12.5 Å². The fraction of sp³-hybridized carbons (Fsp3) is 0.188. The molecule has 0 saturated carbocycles. The normalized spacial score (nSPS) is 11.1. The van der Waals surface area contributed by atoms with Crippen LogP contribution >= 0.6 is 0 Å². The standard InChI is InChI=1S/C16H17NO4S/c1-2-13-7-6-8-14(11-13)21-16(18)12-17-22(19,20)15-9-4-3-5-10-15/h3-11,17H,2,12H2,1H3. The Kier molecular flexibility index (Phi) is 5.30. The van der Waals surface area contributed by atoms with Crippen LogP contribution in [0, 0.1) is 0 Å². The average molecular weight is 319 g/mol. The summed E-state index contributed by atoms with van der Waals surface area (Å²) in [4.78, 5) is 11.8. The molecule has 0 heterocycles. The number of sulfonamides is 1. The molecule has 22 heavy (non-hydrogen) atoms. The summed E-state index contributed by atoms with van der Waals surface area (Å²) in [6.45, 7) is 1.57. The van der Waals surface area contributed by atoms with E-state index in [-0.39, 0.29) is 4.90 Å². The van der Waals surface area contributed by atoms with Crippen LogP contribution < -0.4 is 9.46 Å². The van der Waals surface area contributed by atoms with Crippen molar-refractivity contribution >= 4 is 16.0 Å². The Morgan fingerprint density at radius 2 is 1.82 bits per heavy atom. The number of benzene rings is 2. The molecule has 2 aromatic rings. The molecule has 0 fully saturated rings. The molecule has 0 aromatic heterocycles. The molecule has 2 aromatic carbocycles. The molecule has 0 aliphatic rings. The maximum atomic E-state index is 12.0. The zero-order valence-electron chi connectivity index (χ0n) is 12.2. The first-order chi connectivity index (χ1) is 10.5. The van der Waals surface area contributed by atoms with E-state index in [4.69, 9.17) is 4.74 Å². The van der Waals surface area contributed by atoms with Crippen molar-refractivity contribution in [1.29, 1.82) is 0 Å². The molecule has 1 N–H and O–H groups in total. The minimum Gasteiger partial charge on any atom is -0.426 e. The predicted molar refractivity (Wildman–Crippen MR) is 83.1 cm³/mol. The number of nitrogens with one attached hydrogen (secondary N) is 1. The van der Waals surface area contributed by atoms with Crippen molar-refractivity contribution in [3.8, 4) is 5.75 Å².